The first kappa shape index (κ1) is 11.9. The first-order valence-corrected chi connectivity index (χ1v) is 4.33. The summed E-state index contributed by atoms with van der Waals surface area (Å²) >= 11 is 0. The second kappa shape index (κ2) is 3.75. The zero-order valence-electron chi connectivity index (χ0n) is 9.39. The zero-order valence-corrected chi connectivity index (χ0v) is 9.39. The highest BCUT2D eigenvalue weighted by atomic mass is 16.5. The number of hydrogen-bond donors (Lipinski definition) is 0. The van der Waals surface area contributed by atoms with Gasteiger partial charge in [0.15, 0.2) is 0 Å². The molecule has 74 valence electrons. The van der Waals surface area contributed by atoms with Crippen LogP contribution in [-0.4, -0.2) is 25.9 Å². The molecule has 0 aromatic carbocycles. The summed E-state index contributed by atoms with van der Waals surface area (Å²) in [5, 5.41) is 0. The maximum Gasteiger partial charge on any atom is 0.0903 e. The minimum Gasteiger partial charge on any atom is -0.378 e. The van der Waals surface area contributed by atoms with Gasteiger partial charge in [-0.1, -0.05) is 20.8 Å². The van der Waals surface area contributed by atoms with Gasteiger partial charge < -0.3 is 9.47 Å². The van der Waals surface area contributed by atoms with Crippen molar-refractivity contribution in [3.63, 3.8) is 0 Å². The highest BCUT2D eigenvalue weighted by Crippen LogP contribution is 2.31. The molecule has 2 nitrogen and oxygen atoms in total. The lowest BCUT2D eigenvalue weighted by Crippen LogP contribution is -2.47. The predicted molar refractivity (Wildman–Crippen MR) is 51.3 cm³/mol. The van der Waals surface area contributed by atoms with Crippen LogP contribution in [0.2, 0.25) is 0 Å². The molecule has 0 aliphatic carbocycles. The molecule has 0 N–H and O–H groups in total. The summed E-state index contributed by atoms with van der Waals surface area (Å²) in [6.45, 7) is 10.6. The first-order valence-electron chi connectivity index (χ1n) is 4.33. The lowest BCUT2D eigenvalue weighted by molar-refractivity contribution is -0.136. The maximum absolute atomic E-state index is 5.45. The van der Waals surface area contributed by atoms with E-state index < -0.39 is 0 Å². The Bertz CT molecular complexity index is 133. The molecule has 0 bridgehead atoms. The van der Waals surface area contributed by atoms with Gasteiger partial charge in [0.25, 0.3) is 0 Å². The summed E-state index contributed by atoms with van der Waals surface area (Å²) in [5.74, 6) is 0. The smallest absolute Gasteiger partial charge is 0.0903 e. The monoisotopic (exact) mass is 174 g/mol. The van der Waals surface area contributed by atoms with Crippen LogP contribution in [0.3, 0.4) is 0 Å². The number of methoxy groups -OCH3 is 2. The van der Waals surface area contributed by atoms with E-state index in [9.17, 15) is 0 Å². The summed E-state index contributed by atoms with van der Waals surface area (Å²) in [7, 11) is 3.45. The van der Waals surface area contributed by atoms with E-state index in [1.54, 1.807) is 14.2 Å². The van der Waals surface area contributed by atoms with E-state index in [0.29, 0.717) is 0 Å². The van der Waals surface area contributed by atoms with Crippen LogP contribution in [0.15, 0.2) is 0 Å². The van der Waals surface area contributed by atoms with Gasteiger partial charge in [0, 0.05) is 14.2 Å². The Morgan fingerprint density at radius 2 is 1.33 bits per heavy atom. The third-order valence-electron chi connectivity index (χ3n) is 2.18. The van der Waals surface area contributed by atoms with Gasteiger partial charge in [-0.3, -0.25) is 0 Å². The minimum absolute atomic E-state index is 0.105. The van der Waals surface area contributed by atoms with E-state index in [1.165, 1.54) is 0 Å². The molecule has 0 aliphatic rings. The third kappa shape index (κ3) is 2.76. The molecule has 0 heterocycles. The fraction of sp³-hybridized carbons (Fsp3) is 1.00. The molecule has 2 heteroatoms. The molecule has 0 aromatic heterocycles. The summed E-state index contributed by atoms with van der Waals surface area (Å²) in [4.78, 5) is 0. The van der Waals surface area contributed by atoms with Gasteiger partial charge in [0.1, 0.15) is 0 Å². The van der Waals surface area contributed by atoms with Crippen molar-refractivity contribution in [1.82, 2.24) is 0 Å². The van der Waals surface area contributed by atoms with E-state index in [0.717, 1.165) is 0 Å². The van der Waals surface area contributed by atoms with Crippen LogP contribution in [0.4, 0.5) is 0 Å². The van der Waals surface area contributed by atoms with Gasteiger partial charge in [-0.25, -0.2) is 0 Å². The lowest BCUT2D eigenvalue weighted by Gasteiger charge is -2.40. The molecule has 0 aromatic rings. The van der Waals surface area contributed by atoms with Gasteiger partial charge in [-0.05, 0) is 19.3 Å². The SMILES string of the molecule is CO[C@@H](C(C)(C)C)C(C)(C)OC. The topological polar surface area (TPSA) is 18.5 Å². The highest BCUT2D eigenvalue weighted by molar-refractivity contribution is 4.88. The van der Waals surface area contributed by atoms with Crippen LogP contribution in [0.25, 0.3) is 0 Å². The average molecular weight is 174 g/mol. The highest BCUT2D eigenvalue weighted by Gasteiger charge is 2.38. The Balaban J connectivity index is 4.56. The van der Waals surface area contributed by atoms with E-state index in [-0.39, 0.29) is 17.1 Å². The predicted octanol–water partition coefficient (Wildman–Crippen LogP) is 2.47. The summed E-state index contributed by atoms with van der Waals surface area (Å²) in [6.07, 6.45) is 0.106. The van der Waals surface area contributed by atoms with Crippen molar-refractivity contribution in [1.29, 1.82) is 0 Å². The molecule has 0 fully saturated rings. The minimum atomic E-state index is -0.229. The Kier molecular flexibility index (Phi) is 3.73. The number of ether oxygens (including phenoxy) is 2. The van der Waals surface area contributed by atoms with Crippen molar-refractivity contribution in [2.24, 2.45) is 5.41 Å². The quantitative estimate of drug-likeness (QED) is 0.654. The second-order valence-electron chi connectivity index (χ2n) is 4.79. The summed E-state index contributed by atoms with van der Waals surface area (Å²) in [6, 6.07) is 0. The molecule has 0 radical (unpaired) electrons. The molecule has 0 spiro atoms. The van der Waals surface area contributed by atoms with Crippen LogP contribution in [0.5, 0.6) is 0 Å². The Morgan fingerprint density at radius 3 is 1.42 bits per heavy atom. The third-order valence-corrected chi connectivity index (χ3v) is 2.18. The van der Waals surface area contributed by atoms with Gasteiger partial charge >= 0.3 is 0 Å². The van der Waals surface area contributed by atoms with Crippen molar-refractivity contribution in [2.45, 2.75) is 46.3 Å². The van der Waals surface area contributed by atoms with Crippen molar-refractivity contribution in [3.05, 3.63) is 0 Å². The molecule has 0 saturated heterocycles. The van der Waals surface area contributed by atoms with Crippen molar-refractivity contribution in [3.8, 4) is 0 Å². The first-order chi connectivity index (χ1) is 5.25. The molecule has 1 atom stereocenters. The molecule has 0 aliphatic heterocycles. The summed E-state index contributed by atoms with van der Waals surface area (Å²) < 4.78 is 10.8. The molecule has 0 amide bonds. The molecule has 0 saturated carbocycles. The van der Waals surface area contributed by atoms with Crippen molar-refractivity contribution < 1.29 is 9.47 Å². The standard InChI is InChI=1S/C10H22O2/c1-9(2,3)8(11-6)10(4,5)12-7/h8H,1-7H3/t8-/m0/s1. The maximum atomic E-state index is 5.45. The molecule has 0 unspecified atom stereocenters. The molecule has 0 rings (SSSR count). The molecule has 12 heavy (non-hydrogen) atoms. The van der Waals surface area contributed by atoms with E-state index in [1.807, 2.05) is 13.8 Å². The Morgan fingerprint density at radius 1 is 0.917 bits per heavy atom. The van der Waals surface area contributed by atoms with Gasteiger partial charge in [-0.2, -0.15) is 0 Å². The summed E-state index contributed by atoms with van der Waals surface area (Å²) in [5.41, 5.74) is -0.124. The van der Waals surface area contributed by atoms with Crippen LogP contribution in [0.1, 0.15) is 34.6 Å². The zero-order chi connectivity index (χ0) is 9.99. The van der Waals surface area contributed by atoms with E-state index >= 15 is 0 Å². The van der Waals surface area contributed by atoms with Crippen LogP contribution in [0, 0.1) is 5.41 Å². The van der Waals surface area contributed by atoms with Crippen LogP contribution < -0.4 is 0 Å². The van der Waals surface area contributed by atoms with Gasteiger partial charge in [0.2, 0.25) is 0 Å². The van der Waals surface area contributed by atoms with Gasteiger partial charge in [0.05, 0.1) is 11.7 Å². The largest absolute Gasteiger partial charge is 0.378 e. The lowest BCUT2D eigenvalue weighted by atomic mass is 9.80. The second-order valence-corrected chi connectivity index (χ2v) is 4.79. The number of rotatable bonds is 3. The number of hydrogen-bond acceptors (Lipinski definition) is 2. The van der Waals surface area contributed by atoms with Crippen LogP contribution >= 0.6 is 0 Å². The van der Waals surface area contributed by atoms with Gasteiger partial charge in [-0.15, -0.1) is 0 Å². The fourth-order valence-corrected chi connectivity index (χ4v) is 1.79. The van der Waals surface area contributed by atoms with E-state index in [2.05, 4.69) is 20.8 Å². The molecular formula is C10H22O2. The normalized spacial score (nSPS) is 16.2. The van der Waals surface area contributed by atoms with E-state index in [4.69, 9.17) is 9.47 Å². The Hall–Kier alpha value is -0.0800. The molecular weight excluding hydrogens is 152 g/mol. The van der Waals surface area contributed by atoms with Crippen LogP contribution in [-0.2, 0) is 9.47 Å². The average Bonchev–Trinajstić information content (AvgIpc) is 1.85. The Labute approximate surface area is 76.3 Å². The fourth-order valence-electron chi connectivity index (χ4n) is 1.79. The van der Waals surface area contributed by atoms with Crippen molar-refractivity contribution >= 4 is 0 Å². The van der Waals surface area contributed by atoms with Crippen molar-refractivity contribution in [2.75, 3.05) is 14.2 Å².